The first-order valence-electron chi connectivity index (χ1n) is 13.4. The zero-order valence-corrected chi connectivity index (χ0v) is 24.8. The van der Waals surface area contributed by atoms with Gasteiger partial charge in [0.25, 0.3) is 0 Å². The van der Waals surface area contributed by atoms with Gasteiger partial charge in [-0.15, -0.1) is 0 Å². The van der Waals surface area contributed by atoms with Gasteiger partial charge in [0.2, 0.25) is 0 Å². The Morgan fingerprint density at radius 3 is 1.86 bits per heavy atom. The maximum absolute atomic E-state index is 11.8. The molecule has 0 fully saturated rings. The SMILES string of the molecule is CC[C@H](C)[C@H](N)C(=O)Oc1ccc(C[C@H](N)C(=O)O)cc1.N=C(N)NCCC[C@H](N)C(=O)OC[C@H](N)C(=O)O.NCC(=O)O. The zero-order chi connectivity index (χ0) is 34.4. The van der Waals surface area contributed by atoms with Crippen molar-refractivity contribution in [1.29, 1.82) is 5.41 Å². The number of carboxylic acids is 3. The minimum absolute atomic E-state index is 0.0466. The molecule has 0 aliphatic heterocycles. The Kier molecular flexibility index (Phi) is 22.0. The zero-order valence-electron chi connectivity index (χ0n) is 24.8. The Balaban J connectivity index is 0. The highest BCUT2D eigenvalue weighted by atomic mass is 16.5. The lowest BCUT2D eigenvalue weighted by Gasteiger charge is -2.16. The summed E-state index contributed by atoms with van der Waals surface area (Å²) in [6.07, 6.45) is 1.88. The van der Waals surface area contributed by atoms with E-state index in [4.69, 9.17) is 54.1 Å². The predicted octanol–water partition coefficient (Wildman–Crippen LogP) is -2.52. The van der Waals surface area contributed by atoms with Gasteiger partial charge in [0, 0.05) is 6.54 Å². The Morgan fingerprint density at radius 2 is 1.43 bits per heavy atom. The van der Waals surface area contributed by atoms with Crippen LogP contribution in [0, 0.1) is 11.3 Å². The highest BCUT2D eigenvalue weighted by Gasteiger charge is 2.22. The summed E-state index contributed by atoms with van der Waals surface area (Å²) < 4.78 is 9.84. The van der Waals surface area contributed by atoms with Crippen molar-refractivity contribution in [3.05, 3.63) is 29.8 Å². The van der Waals surface area contributed by atoms with E-state index in [-0.39, 0.29) is 24.8 Å². The number of esters is 2. The fourth-order valence-corrected chi connectivity index (χ4v) is 2.72. The minimum Gasteiger partial charge on any atom is -0.480 e. The van der Waals surface area contributed by atoms with E-state index in [1.165, 1.54) is 0 Å². The molecule has 0 aliphatic rings. The average molecular weight is 631 g/mol. The predicted molar refractivity (Wildman–Crippen MR) is 159 cm³/mol. The van der Waals surface area contributed by atoms with Gasteiger partial charge in [-0.25, -0.2) is 4.79 Å². The van der Waals surface area contributed by atoms with E-state index in [2.05, 4.69) is 15.8 Å². The first kappa shape index (κ1) is 41.8. The van der Waals surface area contributed by atoms with Gasteiger partial charge in [0.15, 0.2) is 5.96 Å². The van der Waals surface area contributed by atoms with Crippen LogP contribution in [0.2, 0.25) is 0 Å². The van der Waals surface area contributed by atoms with Crippen molar-refractivity contribution in [1.82, 2.24) is 5.32 Å². The van der Waals surface area contributed by atoms with E-state index in [1.807, 2.05) is 13.8 Å². The average Bonchev–Trinajstić information content (AvgIpc) is 2.98. The van der Waals surface area contributed by atoms with Crippen LogP contribution in [-0.2, 0) is 35.1 Å². The Hall–Kier alpha value is -4.36. The van der Waals surface area contributed by atoms with Gasteiger partial charge in [-0.2, -0.15) is 0 Å². The molecule has 44 heavy (non-hydrogen) atoms. The van der Waals surface area contributed by atoms with Crippen molar-refractivity contribution < 1.29 is 48.8 Å². The van der Waals surface area contributed by atoms with Crippen molar-refractivity contribution in [3.63, 3.8) is 0 Å². The Bertz CT molecular complexity index is 1060. The van der Waals surface area contributed by atoms with Gasteiger partial charge in [-0.05, 0) is 42.9 Å². The molecule has 0 bridgehead atoms. The molecule has 18 heteroatoms. The molecule has 0 saturated heterocycles. The summed E-state index contributed by atoms with van der Waals surface area (Å²) in [6, 6.07) is 2.86. The number of aliphatic carboxylic acids is 3. The molecule has 1 aromatic rings. The second-order valence-electron chi connectivity index (χ2n) is 9.39. The first-order chi connectivity index (χ1) is 20.5. The summed E-state index contributed by atoms with van der Waals surface area (Å²) in [5.74, 6) is -4.17. The maximum Gasteiger partial charge on any atom is 0.328 e. The third kappa shape index (κ3) is 20.5. The van der Waals surface area contributed by atoms with Gasteiger partial charge in [-0.1, -0.05) is 32.4 Å². The van der Waals surface area contributed by atoms with Crippen LogP contribution in [0.15, 0.2) is 24.3 Å². The van der Waals surface area contributed by atoms with E-state index in [1.54, 1.807) is 24.3 Å². The maximum atomic E-state index is 11.8. The molecule has 0 saturated carbocycles. The molecule has 17 N–H and O–H groups in total. The van der Waals surface area contributed by atoms with E-state index in [0.29, 0.717) is 25.1 Å². The summed E-state index contributed by atoms with van der Waals surface area (Å²) in [5, 5.41) is 34.3. The van der Waals surface area contributed by atoms with Crippen LogP contribution in [-0.4, -0.2) is 95.0 Å². The van der Waals surface area contributed by atoms with E-state index in [9.17, 15) is 24.0 Å². The highest BCUT2D eigenvalue weighted by molar-refractivity contribution is 5.78. The van der Waals surface area contributed by atoms with Crippen LogP contribution < -0.4 is 44.5 Å². The summed E-state index contributed by atoms with van der Waals surface area (Å²) in [4.78, 5) is 53.4. The number of hydrogen-bond acceptors (Lipinski definition) is 13. The van der Waals surface area contributed by atoms with Crippen molar-refractivity contribution >= 4 is 35.8 Å². The van der Waals surface area contributed by atoms with Gasteiger partial charge in [0.1, 0.15) is 36.5 Å². The van der Waals surface area contributed by atoms with Crippen molar-refractivity contribution in [2.45, 2.75) is 63.7 Å². The van der Waals surface area contributed by atoms with Gasteiger partial charge in [-0.3, -0.25) is 24.6 Å². The highest BCUT2D eigenvalue weighted by Crippen LogP contribution is 2.15. The van der Waals surface area contributed by atoms with E-state index >= 15 is 0 Å². The molecule has 5 atom stereocenters. The number of guanidine groups is 1. The Morgan fingerprint density at radius 1 is 0.909 bits per heavy atom. The molecular formula is C26H46N8O10. The second-order valence-corrected chi connectivity index (χ2v) is 9.39. The molecule has 0 aliphatic carbocycles. The lowest BCUT2D eigenvalue weighted by molar-refractivity contribution is -0.149. The number of benzene rings is 1. The number of nitrogens with one attached hydrogen (secondary N) is 2. The third-order valence-electron chi connectivity index (χ3n) is 5.65. The quantitative estimate of drug-likeness (QED) is 0.0295. The number of hydrogen-bond donors (Lipinski definition) is 11. The fourth-order valence-electron chi connectivity index (χ4n) is 2.72. The largest absolute Gasteiger partial charge is 0.480 e. The van der Waals surface area contributed by atoms with Gasteiger partial charge in [0.05, 0.1) is 6.54 Å². The molecular weight excluding hydrogens is 584 g/mol. The smallest absolute Gasteiger partial charge is 0.328 e. The van der Waals surface area contributed by atoms with Crippen LogP contribution >= 0.6 is 0 Å². The number of carbonyl (C=O) groups is 5. The normalized spacial score (nSPS) is 13.5. The summed E-state index contributed by atoms with van der Waals surface area (Å²) >= 11 is 0. The molecule has 0 unspecified atom stereocenters. The molecule has 1 aromatic carbocycles. The lowest BCUT2D eigenvalue weighted by Crippen LogP contribution is -2.40. The first-order valence-corrected chi connectivity index (χ1v) is 13.4. The molecule has 0 amide bonds. The molecule has 250 valence electrons. The molecule has 0 heterocycles. The summed E-state index contributed by atoms with van der Waals surface area (Å²) in [5.41, 5.74) is 32.3. The fraction of sp³-hybridized carbons (Fsp3) is 0.538. The summed E-state index contributed by atoms with van der Waals surface area (Å²) in [7, 11) is 0. The Labute approximate surface area is 254 Å². The van der Waals surface area contributed by atoms with Crippen molar-refractivity contribution in [3.8, 4) is 5.75 Å². The number of carbonyl (C=O) groups excluding carboxylic acids is 2. The molecule has 18 nitrogen and oxygen atoms in total. The molecule has 0 radical (unpaired) electrons. The van der Waals surface area contributed by atoms with Crippen LogP contribution in [0.4, 0.5) is 0 Å². The van der Waals surface area contributed by atoms with E-state index < -0.39 is 60.6 Å². The van der Waals surface area contributed by atoms with Crippen LogP contribution in [0.3, 0.4) is 0 Å². The lowest BCUT2D eigenvalue weighted by atomic mass is 10.0. The van der Waals surface area contributed by atoms with Gasteiger partial charge >= 0.3 is 29.8 Å². The monoisotopic (exact) mass is 630 g/mol. The number of ether oxygens (including phenoxy) is 2. The number of carboxylic acid groups (broad SMARTS) is 3. The van der Waals surface area contributed by atoms with Crippen molar-refractivity contribution in [2.75, 3.05) is 19.7 Å². The van der Waals surface area contributed by atoms with Crippen LogP contribution in [0.1, 0.15) is 38.7 Å². The minimum atomic E-state index is -1.25. The van der Waals surface area contributed by atoms with E-state index in [0.717, 1.165) is 12.0 Å². The third-order valence-corrected chi connectivity index (χ3v) is 5.65. The standard InChI is InChI=1S/C15H22N2O4.C9H19N5O4.C2H5NO2/c1-3-9(2)13(17)15(20)21-11-6-4-10(5-7-11)8-12(16)14(18)19;10-5(2-1-3-14-9(12)13)8(17)18-4-6(11)7(15)16;3-1-2(4)5/h4-7,9,12-13H,3,8,16-17H2,1-2H3,(H,18,19);5-6H,1-4,10-11H2,(H,15,16)(H4,12,13,14);1,3H2,(H,4,5)/t9-,12-,13-;5-,6-;/m00./s1. The van der Waals surface area contributed by atoms with Crippen molar-refractivity contribution in [2.24, 2.45) is 40.3 Å². The van der Waals surface area contributed by atoms with Crippen LogP contribution in [0.5, 0.6) is 5.75 Å². The topological polar surface area (TPSA) is 357 Å². The molecule has 0 aromatic heterocycles. The molecule has 1 rings (SSSR count). The second kappa shape index (κ2) is 23.1. The summed E-state index contributed by atoms with van der Waals surface area (Å²) in [6.45, 7) is 3.58. The number of rotatable bonds is 16. The van der Waals surface area contributed by atoms with Gasteiger partial charge < -0.3 is 64.5 Å². The van der Waals surface area contributed by atoms with Crippen LogP contribution in [0.25, 0.3) is 0 Å². The molecule has 0 spiro atoms. The number of nitrogens with two attached hydrogens (primary N) is 6.